The number of aromatic nitrogens is 3. The Morgan fingerprint density at radius 3 is 2.18 bits per heavy atom. The first-order chi connectivity index (χ1) is 15.3. The second kappa shape index (κ2) is 10.4. The number of aryl methyl sites for hydroxylation is 1. The van der Waals surface area contributed by atoms with Gasteiger partial charge in [0.2, 0.25) is 5.88 Å². The number of amidine groups is 1. The molecule has 10 heteroatoms. The lowest BCUT2D eigenvalue weighted by Gasteiger charge is -2.40. The van der Waals surface area contributed by atoms with E-state index in [2.05, 4.69) is 15.0 Å². The van der Waals surface area contributed by atoms with Crippen LogP contribution in [-0.4, -0.2) is 50.0 Å². The number of hydrogen-bond donors (Lipinski definition) is 3. The van der Waals surface area contributed by atoms with Gasteiger partial charge in [-0.05, 0) is 46.1 Å². The minimum atomic E-state index is -0.833. The summed E-state index contributed by atoms with van der Waals surface area (Å²) in [5, 5.41) is 14.8. The third-order valence-electron chi connectivity index (χ3n) is 4.93. The Morgan fingerprint density at radius 2 is 1.76 bits per heavy atom. The molecule has 1 saturated carbocycles. The molecular formula is C23H31N5O5. The van der Waals surface area contributed by atoms with Gasteiger partial charge < -0.3 is 20.3 Å². The van der Waals surface area contributed by atoms with E-state index >= 15 is 0 Å². The van der Waals surface area contributed by atoms with Crippen LogP contribution in [0.1, 0.15) is 58.3 Å². The molecule has 0 saturated heterocycles. The Hall–Kier alpha value is -3.56. The summed E-state index contributed by atoms with van der Waals surface area (Å²) in [7, 11) is 0. The molecule has 0 aliphatic heterocycles. The summed E-state index contributed by atoms with van der Waals surface area (Å²) in [6.45, 7) is 8.89. The molecule has 1 aliphatic carbocycles. The number of pyridine rings is 1. The highest BCUT2D eigenvalue weighted by molar-refractivity contribution is 5.91. The minimum absolute atomic E-state index is 0.176. The summed E-state index contributed by atoms with van der Waals surface area (Å²) in [5.74, 6) is -0.563. The van der Waals surface area contributed by atoms with Crippen LogP contribution in [0.4, 0.5) is 0 Å². The zero-order valence-corrected chi connectivity index (χ0v) is 19.6. The maximum absolute atomic E-state index is 12.6. The van der Waals surface area contributed by atoms with Gasteiger partial charge in [0.15, 0.2) is 11.7 Å². The van der Waals surface area contributed by atoms with Crippen molar-refractivity contribution >= 4 is 17.8 Å². The number of carboxylic acid groups (broad SMARTS) is 1. The highest BCUT2D eigenvalue weighted by atomic mass is 16.6. The predicted octanol–water partition coefficient (Wildman–Crippen LogP) is 3.11. The summed E-state index contributed by atoms with van der Waals surface area (Å²) in [5.41, 5.74) is 6.86. The summed E-state index contributed by atoms with van der Waals surface area (Å²) in [6, 6.07) is 1.83. The number of carboxylic acids is 1. The number of esters is 1. The average molecular weight is 458 g/mol. The van der Waals surface area contributed by atoms with Crippen LogP contribution in [-0.2, 0) is 14.3 Å². The smallest absolute Gasteiger partial charge is 0.316 e. The van der Waals surface area contributed by atoms with E-state index in [-0.39, 0.29) is 24.2 Å². The van der Waals surface area contributed by atoms with Crippen molar-refractivity contribution in [2.45, 2.75) is 59.5 Å². The first kappa shape index (κ1) is 25.7. The van der Waals surface area contributed by atoms with Gasteiger partial charge in [0.1, 0.15) is 17.6 Å². The van der Waals surface area contributed by atoms with Gasteiger partial charge in [-0.15, -0.1) is 0 Å². The molecule has 0 atom stereocenters. The Kier molecular flexibility index (Phi) is 8.08. The average Bonchev–Trinajstić information content (AvgIpc) is 2.65. The fraction of sp³-hybridized carbons (Fsp3) is 0.478. The van der Waals surface area contributed by atoms with Crippen molar-refractivity contribution in [3.8, 4) is 17.0 Å². The number of nitrogens with two attached hydrogens (primary N) is 1. The van der Waals surface area contributed by atoms with Crippen LogP contribution in [0.2, 0.25) is 0 Å². The van der Waals surface area contributed by atoms with Crippen molar-refractivity contribution in [3.63, 3.8) is 0 Å². The van der Waals surface area contributed by atoms with Gasteiger partial charge in [0, 0.05) is 42.7 Å². The van der Waals surface area contributed by atoms with Gasteiger partial charge in [-0.1, -0.05) is 6.42 Å². The lowest BCUT2D eigenvalue weighted by atomic mass is 9.69. The molecule has 3 rings (SSSR count). The first-order valence-corrected chi connectivity index (χ1v) is 10.5. The molecule has 0 aromatic carbocycles. The summed E-state index contributed by atoms with van der Waals surface area (Å²) >= 11 is 0. The molecule has 2 aromatic heterocycles. The second-order valence-corrected chi connectivity index (χ2v) is 8.99. The molecule has 1 aliphatic rings. The maximum Gasteiger partial charge on any atom is 0.316 e. The Morgan fingerprint density at radius 1 is 1.18 bits per heavy atom. The molecule has 0 spiro atoms. The van der Waals surface area contributed by atoms with Crippen molar-refractivity contribution in [1.82, 2.24) is 15.0 Å². The molecule has 0 unspecified atom stereocenters. The van der Waals surface area contributed by atoms with Crippen molar-refractivity contribution in [2.75, 3.05) is 6.61 Å². The third-order valence-corrected chi connectivity index (χ3v) is 4.93. The van der Waals surface area contributed by atoms with E-state index in [4.69, 9.17) is 30.5 Å². The number of carbonyl (C=O) groups is 2. The highest BCUT2D eigenvalue weighted by Gasteiger charge is 2.47. The molecule has 0 radical (unpaired) electrons. The molecule has 2 heterocycles. The molecule has 4 N–H and O–H groups in total. The van der Waals surface area contributed by atoms with Gasteiger partial charge in [-0.2, -0.15) is 0 Å². The van der Waals surface area contributed by atoms with Crippen molar-refractivity contribution < 1.29 is 24.2 Å². The zero-order valence-electron chi connectivity index (χ0n) is 19.6. The molecule has 2 aromatic rings. The number of carbonyl (C=O) groups excluding carboxylic acids is 1. The topological polar surface area (TPSA) is 161 Å². The van der Waals surface area contributed by atoms with Gasteiger partial charge in [-0.3, -0.25) is 15.0 Å². The number of rotatable bonds is 6. The van der Waals surface area contributed by atoms with Crippen LogP contribution in [0, 0.1) is 17.7 Å². The van der Waals surface area contributed by atoms with Crippen LogP contribution in [0.3, 0.4) is 0 Å². The lowest BCUT2D eigenvalue weighted by molar-refractivity contribution is -0.176. The lowest BCUT2D eigenvalue weighted by Crippen LogP contribution is -2.46. The predicted molar refractivity (Wildman–Crippen MR) is 122 cm³/mol. The maximum atomic E-state index is 12.6. The van der Waals surface area contributed by atoms with Gasteiger partial charge in [0.25, 0.3) is 5.97 Å². The fourth-order valence-corrected chi connectivity index (χ4v) is 3.13. The quantitative estimate of drug-likeness (QED) is 0.336. The molecule has 178 valence electrons. The first-order valence-electron chi connectivity index (χ1n) is 10.5. The number of nitrogens with zero attached hydrogens (tertiary/aromatic N) is 3. The van der Waals surface area contributed by atoms with E-state index in [1.165, 1.54) is 0 Å². The summed E-state index contributed by atoms with van der Waals surface area (Å²) < 4.78 is 11.5. The van der Waals surface area contributed by atoms with Gasteiger partial charge in [-0.25, -0.2) is 15.0 Å². The molecule has 0 bridgehead atoms. The van der Waals surface area contributed by atoms with E-state index in [1.54, 1.807) is 18.6 Å². The van der Waals surface area contributed by atoms with E-state index in [0.29, 0.717) is 5.88 Å². The molecule has 1 fully saturated rings. The van der Waals surface area contributed by atoms with Crippen LogP contribution in [0.25, 0.3) is 11.1 Å². The van der Waals surface area contributed by atoms with Gasteiger partial charge in [0.05, 0.1) is 0 Å². The van der Waals surface area contributed by atoms with Crippen LogP contribution in [0.15, 0.2) is 24.7 Å². The summed E-state index contributed by atoms with van der Waals surface area (Å²) in [4.78, 5) is 34.1. The number of nitrogens with one attached hydrogen (secondary N) is 1. The molecular weight excluding hydrogens is 426 g/mol. The van der Waals surface area contributed by atoms with E-state index in [1.807, 2.05) is 33.8 Å². The number of nitrogen functional groups attached to an aromatic ring is 1. The normalized spacial score (nSPS) is 14.2. The fourth-order valence-electron chi connectivity index (χ4n) is 3.13. The summed E-state index contributed by atoms with van der Waals surface area (Å²) in [6.07, 6.45) is 7.43. The number of ether oxygens (including phenoxy) is 2. The second-order valence-electron chi connectivity index (χ2n) is 8.99. The Balaban J connectivity index is 0.000000890. The van der Waals surface area contributed by atoms with Crippen LogP contribution < -0.4 is 10.5 Å². The van der Waals surface area contributed by atoms with E-state index < -0.39 is 17.0 Å². The third kappa shape index (κ3) is 7.23. The van der Waals surface area contributed by atoms with Crippen LogP contribution >= 0.6 is 0 Å². The zero-order chi connectivity index (χ0) is 24.8. The SMILES string of the molecule is CC(=O)O.Cc1cc(OCC2(C(=O)OC(C)(C)C)CCC2)ncc1-c1cnc(C(=N)N)nc1. The van der Waals surface area contributed by atoms with Crippen molar-refractivity contribution in [1.29, 1.82) is 5.41 Å². The van der Waals surface area contributed by atoms with Crippen molar-refractivity contribution in [2.24, 2.45) is 11.1 Å². The monoisotopic (exact) mass is 457 g/mol. The molecule has 10 nitrogen and oxygen atoms in total. The molecule has 0 amide bonds. The Labute approximate surface area is 193 Å². The minimum Gasteiger partial charge on any atom is -0.481 e. The number of hydrogen-bond acceptors (Lipinski definition) is 8. The largest absolute Gasteiger partial charge is 0.481 e. The number of aliphatic carboxylic acids is 1. The standard InChI is InChI=1S/C21H27N5O3.C2H4O2/c1-13-8-16(24-11-15(13)14-9-25-18(17(22)23)26-10-14)28-12-21(6-5-7-21)19(27)29-20(2,3)4;1-2(3)4/h8-11H,5-7,12H2,1-4H3,(H3,22,23);1H3,(H,3,4). The van der Waals surface area contributed by atoms with E-state index in [9.17, 15) is 4.79 Å². The van der Waals surface area contributed by atoms with E-state index in [0.717, 1.165) is 42.9 Å². The van der Waals surface area contributed by atoms with Gasteiger partial charge >= 0.3 is 5.97 Å². The molecule has 33 heavy (non-hydrogen) atoms. The van der Waals surface area contributed by atoms with Crippen molar-refractivity contribution in [3.05, 3.63) is 36.0 Å². The Bertz CT molecular complexity index is 1010. The highest BCUT2D eigenvalue weighted by Crippen LogP contribution is 2.43. The van der Waals surface area contributed by atoms with Crippen LogP contribution in [0.5, 0.6) is 5.88 Å².